The molecule has 3 aromatic rings. The molecule has 5 nitrogen and oxygen atoms in total. The first-order chi connectivity index (χ1) is 14.6. The highest BCUT2D eigenvalue weighted by molar-refractivity contribution is 7.99. The molecule has 1 aromatic heterocycles. The van der Waals surface area contributed by atoms with Gasteiger partial charge in [-0.2, -0.15) is 0 Å². The number of halogens is 1. The van der Waals surface area contributed by atoms with Crippen LogP contribution in [0.5, 0.6) is 5.75 Å². The summed E-state index contributed by atoms with van der Waals surface area (Å²) >= 11 is 9.25. The molecule has 4 rings (SSSR count). The molecule has 1 atom stereocenters. The number of carbonyl (C=O) groups is 1. The molecule has 8 heteroatoms. The summed E-state index contributed by atoms with van der Waals surface area (Å²) in [5.74, 6) is 1.30. The van der Waals surface area contributed by atoms with Crippen LogP contribution in [-0.2, 0) is 4.74 Å². The monoisotopic (exact) mass is 460 g/mol. The van der Waals surface area contributed by atoms with E-state index in [9.17, 15) is 4.79 Å². The lowest BCUT2D eigenvalue weighted by molar-refractivity contribution is 0.102. The molecule has 30 heavy (non-hydrogen) atoms. The van der Waals surface area contributed by atoms with Crippen molar-refractivity contribution in [3.8, 4) is 17.0 Å². The van der Waals surface area contributed by atoms with Gasteiger partial charge in [-0.25, -0.2) is 4.98 Å². The van der Waals surface area contributed by atoms with Crippen LogP contribution in [0.4, 0.5) is 5.13 Å². The summed E-state index contributed by atoms with van der Waals surface area (Å²) in [5, 5.41) is 5.88. The molecule has 1 N–H and O–H groups in total. The number of methoxy groups -OCH3 is 1. The van der Waals surface area contributed by atoms with E-state index < -0.39 is 0 Å². The van der Waals surface area contributed by atoms with Crippen LogP contribution in [-0.4, -0.2) is 36.5 Å². The molecule has 1 aliphatic heterocycles. The van der Waals surface area contributed by atoms with Gasteiger partial charge in [0.15, 0.2) is 5.13 Å². The maximum absolute atomic E-state index is 12.9. The topological polar surface area (TPSA) is 60.5 Å². The van der Waals surface area contributed by atoms with E-state index in [1.165, 1.54) is 11.3 Å². The van der Waals surface area contributed by atoms with E-state index in [-0.39, 0.29) is 12.0 Å². The maximum atomic E-state index is 12.9. The predicted octanol–water partition coefficient (Wildman–Crippen LogP) is 6.00. The fourth-order valence-corrected chi connectivity index (χ4v) is 5.28. The summed E-state index contributed by atoms with van der Waals surface area (Å²) in [6.45, 7) is 0.832. The lowest BCUT2D eigenvalue weighted by Crippen LogP contribution is -2.14. The Labute approximate surface area is 188 Å². The van der Waals surface area contributed by atoms with Gasteiger partial charge in [-0.15, -0.1) is 23.1 Å². The van der Waals surface area contributed by atoms with Crippen molar-refractivity contribution >= 4 is 45.7 Å². The average Bonchev–Trinajstić information content (AvgIpc) is 3.44. The second kappa shape index (κ2) is 9.83. The molecule has 1 amide bonds. The van der Waals surface area contributed by atoms with Crippen molar-refractivity contribution in [2.24, 2.45) is 0 Å². The highest BCUT2D eigenvalue weighted by Gasteiger charge is 2.18. The van der Waals surface area contributed by atoms with Crippen molar-refractivity contribution in [2.75, 3.05) is 24.8 Å². The third-order valence-corrected chi connectivity index (χ3v) is 7.01. The number of aromatic nitrogens is 1. The number of benzene rings is 2. The van der Waals surface area contributed by atoms with Crippen LogP contribution < -0.4 is 10.1 Å². The lowest BCUT2D eigenvalue weighted by atomic mass is 10.2. The van der Waals surface area contributed by atoms with Gasteiger partial charge in [0.25, 0.3) is 5.91 Å². The highest BCUT2D eigenvalue weighted by atomic mass is 35.5. The second-order valence-electron chi connectivity index (χ2n) is 6.78. The first-order valence-electron chi connectivity index (χ1n) is 9.58. The minimum Gasteiger partial charge on any atom is -0.495 e. The third-order valence-electron chi connectivity index (χ3n) is 4.75. The van der Waals surface area contributed by atoms with E-state index in [1.807, 2.05) is 35.7 Å². The van der Waals surface area contributed by atoms with Gasteiger partial charge in [-0.05, 0) is 43.2 Å². The Morgan fingerprint density at radius 1 is 1.37 bits per heavy atom. The lowest BCUT2D eigenvalue weighted by Gasteiger charge is -2.11. The van der Waals surface area contributed by atoms with E-state index in [0.29, 0.717) is 21.5 Å². The van der Waals surface area contributed by atoms with Gasteiger partial charge in [0.1, 0.15) is 5.75 Å². The van der Waals surface area contributed by atoms with Crippen molar-refractivity contribution in [2.45, 2.75) is 23.8 Å². The number of nitrogens with zero attached hydrogens (tertiary/aromatic N) is 1. The number of anilines is 1. The Morgan fingerprint density at radius 3 is 3.00 bits per heavy atom. The highest BCUT2D eigenvalue weighted by Crippen LogP contribution is 2.32. The summed E-state index contributed by atoms with van der Waals surface area (Å²) in [6, 6.07) is 13.1. The zero-order valence-electron chi connectivity index (χ0n) is 16.4. The maximum Gasteiger partial charge on any atom is 0.258 e. The predicted molar refractivity (Wildman–Crippen MR) is 123 cm³/mol. The number of amides is 1. The number of thioether (sulfide) groups is 1. The van der Waals surface area contributed by atoms with Crippen molar-refractivity contribution in [3.05, 3.63) is 58.4 Å². The van der Waals surface area contributed by atoms with E-state index in [4.69, 9.17) is 21.1 Å². The Morgan fingerprint density at radius 2 is 2.23 bits per heavy atom. The number of hydrogen-bond donors (Lipinski definition) is 1. The van der Waals surface area contributed by atoms with Gasteiger partial charge < -0.3 is 9.47 Å². The molecule has 1 fully saturated rings. The van der Waals surface area contributed by atoms with Gasteiger partial charge in [0, 0.05) is 28.2 Å². The molecule has 0 saturated carbocycles. The first kappa shape index (κ1) is 21.2. The van der Waals surface area contributed by atoms with Crippen molar-refractivity contribution in [1.29, 1.82) is 0 Å². The summed E-state index contributed by atoms with van der Waals surface area (Å²) in [6.07, 6.45) is 2.46. The normalized spacial score (nSPS) is 15.9. The van der Waals surface area contributed by atoms with Crippen molar-refractivity contribution in [3.63, 3.8) is 0 Å². The SMILES string of the molecule is COc1ccc(-c2csc(NC(=O)c3ccccc3SCC3CCCO3)n2)cc1Cl. The number of carbonyl (C=O) groups excluding carboxylic acids is 1. The van der Waals surface area contributed by atoms with Crippen LogP contribution in [0.15, 0.2) is 52.7 Å². The number of thiazole rings is 1. The van der Waals surface area contributed by atoms with E-state index in [2.05, 4.69) is 10.3 Å². The Kier molecular flexibility index (Phi) is 6.94. The fourth-order valence-electron chi connectivity index (χ4n) is 3.19. The summed E-state index contributed by atoms with van der Waals surface area (Å²) in [4.78, 5) is 18.4. The fraction of sp³-hybridized carbons (Fsp3) is 0.273. The number of hydrogen-bond acceptors (Lipinski definition) is 6. The van der Waals surface area contributed by atoms with E-state index >= 15 is 0 Å². The summed E-state index contributed by atoms with van der Waals surface area (Å²) in [5.41, 5.74) is 2.26. The molecule has 0 aliphatic carbocycles. The van der Waals surface area contributed by atoms with Gasteiger partial charge >= 0.3 is 0 Å². The molecule has 0 spiro atoms. The zero-order valence-corrected chi connectivity index (χ0v) is 18.8. The minimum absolute atomic E-state index is 0.167. The Balaban J connectivity index is 1.45. The molecular formula is C22H21ClN2O3S2. The summed E-state index contributed by atoms with van der Waals surface area (Å²) in [7, 11) is 1.58. The molecule has 2 aromatic carbocycles. The second-order valence-corrected chi connectivity index (χ2v) is 9.11. The molecule has 2 heterocycles. The van der Waals surface area contributed by atoms with Crippen LogP contribution in [0.25, 0.3) is 11.3 Å². The van der Waals surface area contributed by atoms with E-state index in [0.717, 1.165) is 41.4 Å². The van der Waals surface area contributed by atoms with Gasteiger partial charge in [-0.3, -0.25) is 10.1 Å². The Hall–Kier alpha value is -2.06. The molecule has 0 bridgehead atoms. The standard InChI is InChI=1S/C22H21ClN2O3S2/c1-27-19-9-8-14(11-17(19)23)18-13-30-22(24-18)25-21(26)16-6-2-3-7-20(16)29-12-15-5-4-10-28-15/h2-3,6-9,11,13,15H,4-5,10,12H2,1H3,(H,24,25,26). The Bertz CT molecular complexity index is 1030. The van der Waals surface area contributed by atoms with E-state index in [1.54, 1.807) is 31.0 Å². The van der Waals surface area contributed by atoms with Crippen molar-refractivity contribution in [1.82, 2.24) is 4.98 Å². The molecule has 1 unspecified atom stereocenters. The van der Waals surface area contributed by atoms with Crippen LogP contribution in [0.1, 0.15) is 23.2 Å². The molecule has 1 aliphatic rings. The molecule has 0 radical (unpaired) electrons. The van der Waals surface area contributed by atoms with Gasteiger partial charge in [0.05, 0.1) is 29.5 Å². The largest absolute Gasteiger partial charge is 0.495 e. The minimum atomic E-state index is -0.167. The molecule has 1 saturated heterocycles. The zero-order chi connectivity index (χ0) is 20.9. The van der Waals surface area contributed by atoms with Crippen LogP contribution in [0.3, 0.4) is 0 Å². The first-order valence-corrected chi connectivity index (χ1v) is 11.8. The summed E-state index contributed by atoms with van der Waals surface area (Å²) < 4.78 is 10.9. The molecular weight excluding hydrogens is 440 g/mol. The smallest absolute Gasteiger partial charge is 0.258 e. The molecule has 156 valence electrons. The third kappa shape index (κ3) is 4.98. The quantitative estimate of drug-likeness (QED) is 0.438. The number of rotatable bonds is 7. The number of nitrogens with one attached hydrogen (secondary N) is 1. The van der Waals surface area contributed by atoms with Crippen molar-refractivity contribution < 1.29 is 14.3 Å². The van der Waals surface area contributed by atoms with Crippen LogP contribution in [0.2, 0.25) is 5.02 Å². The van der Waals surface area contributed by atoms with Gasteiger partial charge in [0.2, 0.25) is 0 Å². The number of ether oxygens (including phenoxy) is 2. The average molecular weight is 461 g/mol. The van der Waals surface area contributed by atoms with Crippen LogP contribution >= 0.6 is 34.7 Å². The van der Waals surface area contributed by atoms with Gasteiger partial charge in [-0.1, -0.05) is 23.7 Å². The van der Waals surface area contributed by atoms with Crippen LogP contribution in [0, 0.1) is 0 Å².